The van der Waals surface area contributed by atoms with Gasteiger partial charge in [-0.3, -0.25) is 0 Å². The number of aromatic nitrogens is 1. The topological polar surface area (TPSA) is 46.5 Å². The van der Waals surface area contributed by atoms with Gasteiger partial charge in [-0.2, -0.15) is 0 Å². The first-order chi connectivity index (χ1) is 13.2. The van der Waals surface area contributed by atoms with Crippen LogP contribution in [-0.4, -0.2) is 29.2 Å². The van der Waals surface area contributed by atoms with E-state index in [1.807, 2.05) is 35.2 Å². The molecule has 0 saturated heterocycles. The molecule has 27 heavy (non-hydrogen) atoms. The molecule has 4 rings (SSSR count). The molecule has 1 aliphatic rings. The molecule has 0 aliphatic carbocycles. The molecule has 2 heterocycles. The zero-order valence-corrected chi connectivity index (χ0v) is 15.6. The quantitative estimate of drug-likeness (QED) is 0.749. The maximum Gasteiger partial charge on any atom is 0.322 e. The van der Waals surface area contributed by atoms with Crippen LogP contribution in [0.1, 0.15) is 22.9 Å². The van der Waals surface area contributed by atoms with E-state index in [0.29, 0.717) is 6.54 Å². The number of urea groups is 1. The molecule has 0 unspecified atom stereocenters. The third kappa shape index (κ3) is 3.40. The van der Waals surface area contributed by atoms with Crippen LogP contribution in [0.2, 0.25) is 0 Å². The smallest absolute Gasteiger partial charge is 0.322 e. The Bertz CT molecular complexity index is 946. The number of nitrogens with zero attached hydrogens (tertiary/aromatic N) is 2. The van der Waals surface area contributed by atoms with Gasteiger partial charge in [-0.05, 0) is 36.8 Å². The number of nitrogens with one attached hydrogen (secondary N) is 1. The molecule has 1 atom stereocenters. The van der Waals surface area contributed by atoms with E-state index in [4.69, 9.17) is 4.74 Å². The second kappa shape index (κ2) is 7.19. The third-order valence-electron chi connectivity index (χ3n) is 5.01. The van der Waals surface area contributed by atoms with Gasteiger partial charge in [-0.25, -0.2) is 4.79 Å². The predicted molar refractivity (Wildman–Crippen MR) is 106 cm³/mol. The van der Waals surface area contributed by atoms with Crippen LogP contribution in [0.15, 0.2) is 66.9 Å². The van der Waals surface area contributed by atoms with Crippen molar-refractivity contribution < 1.29 is 9.53 Å². The second-order valence-corrected chi connectivity index (χ2v) is 6.80. The van der Waals surface area contributed by atoms with Crippen LogP contribution in [0.5, 0.6) is 5.75 Å². The molecule has 0 spiro atoms. The molecule has 0 saturated carbocycles. The number of anilines is 1. The molecule has 2 aromatic carbocycles. The van der Waals surface area contributed by atoms with Crippen molar-refractivity contribution in [3.63, 3.8) is 0 Å². The van der Waals surface area contributed by atoms with Crippen LogP contribution in [0.25, 0.3) is 0 Å². The van der Waals surface area contributed by atoms with Crippen molar-refractivity contribution in [2.24, 2.45) is 0 Å². The van der Waals surface area contributed by atoms with Crippen molar-refractivity contribution in [3.05, 3.63) is 83.7 Å². The van der Waals surface area contributed by atoms with Gasteiger partial charge in [0.25, 0.3) is 0 Å². The lowest BCUT2D eigenvalue weighted by atomic mass is 9.99. The molecule has 0 radical (unpaired) electrons. The summed E-state index contributed by atoms with van der Waals surface area (Å²) in [6, 6.07) is 19.7. The summed E-state index contributed by atoms with van der Waals surface area (Å²) in [5.41, 5.74) is 4.17. The van der Waals surface area contributed by atoms with Gasteiger partial charge in [0.15, 0.2) is 0 Å². The van der Waals surface area contributed by atoms with Crippen molar-refractivity contribution in [1.82, 2.24) is 9.47 Å². The minimum Gasteiger partial charge on any atom is -0.497 e. The highest BCUT2D eigenvalue weighted by Gasteiger charge is 2.32. The fourth-order valence-corrected chi connectivity index (χ4v) is 3.60. The van der Waals surface area contributed by atoms with E-state index in [9.17, 15) is 4.79 Å². The van der Waals surface area contributed by atoms with Gasteiger partial charge >= 0.3 is 6.03 Å². The first-order valence-electron chi connectivity index (χ1n) is 9.09. The van der Waals surface area contributed by atoms with Crippen LogP contribution in [0.3, 0.4) is 0 Å². The van der Waals surface area contributed by atoms with Crippen molar-refractivity contribution in [2.75, 3.05) is 19.0 Å². The maximum atomic E-state index is 13.1. The van der Waals surface area contributed by atoms with Crippen molar-refractivity contribution >= 4 is 11.7 Å². The summed E-state index contributed by atoms with van der Waals surface area (Å²) in [7, 11) is 1.62. The van der Waals surface area contributed by atoms with Crippen molar-refractivity contribution in [1.29, 1.82) is 0 Å². The fraction of sp³-hybridized carbons (Fsp3) is 0.227. The average molecular weight is 361 g/mol. The molecular weight excluding hydrogens is 338 g/mol. The molecule has 0 bridgehead atoms. The maximum absolute atomic E-state index is 13.1. The SMILES string of the molecule is COc1cccc(NC(=O)N2CCn3cccc3[C@H]2c2ccc(C)cc2)c1. The summed E-state index contributed by atoms with van der Waals surface area (Å²) < 4.78 is 7.47. The first kappa shape index (κ1) is 17.2. The Morgan fingerprint density at radius 1 is 1.07 bits per heavy atom. The molecule has 0 fully saturated rings. The van der Waals surface area contributed by atoms with Gasteiger partial charge in [-0.15, -0.1) is 0 Å². The monoisotopic (exact) mass is 361 g/mol. The van der Waals surface area contributed by atoms with Crippen LogP contribution in [-0.2, 0) is 6.54 Å². The zero-order valence-electron chi connectivity index (χ0n) is 15.6. The van der Waals surface area contributed by atoms with Crippen LogP contribution < -0.4 is 10.1 Å². The lowest BCUT2D eigenvalue weighted by Gasteiger charge is -2.37. The number of carbonyl (C=O) groups is 1. The summed E-state index contributed by atoms with van der Waals surface area (Å²) >= 11 is 0. The van der Waals surface area contributed by atoms with E-state index in [1.54, 1.807) is 7.11 Å². The van der Waals surface area contributed by atoms with Gasteiger partial charge in [0.1, 0.15) is 5.75 Å². The second-order valence-electron chi connectivity index (χ2n) is 6.80. The average Bonchev–Trinajstić information content (AvgIpc) is 3.17. The van der Waals surface area contributed by atoms with Crippen molar-refractivity contribution in [2.45, 2.75) is 19.5 Å². The largest absolute Gasteiger partial charge is 0.497 e. The lowest BCUT2D eigenvalue weighted by molar-refractivity contribution is 0.182. The summed E-state index contributed by atoms with van der Waals surface area (Å²) in [5, 5.41) is 3.02. The lowest BCUT2D eigenvalue weighted by Crippen LogP contribution is -2.44. The molecule has 2 amide bonds. The number of hydrogen-bond acceptors (Lipinski definition) is 2. The summed E-state index contributed by atoms with van der Waals surface area (Å²) in [4.78, 5) is 15.0. The number of carbonyl (C=O) groups excluding carboxylic acids is 1. The number of methoxy groups -OCH3 is 1. The van der Waals surface area contributed by atoms with Gasteiger partial charge in [0.05, 0.1) is 13.2 Å². The van der Waals surface area contributed by atoms with Gasteiger partial charge in [0.2, 0.25) is 0 Å². The Kier molecular flexibility index (Phi) is 4.59. The molecule has 5 heteroatoms. The zero-order chi connectivity index (χ0) is 18.8. The summed E-state index contributed by atoms with van der Waals surface area (Å²) in [5.74, 6) is 0.718. The Morgan fingerprint density at radius 2 is 1.89 bits per heavy atom. The number of fused-ring (bicyclic) bond motifs is 1. The standard InChI is InChI=1S/C22H23N3O2/c1-16-8-10-17(11-9-16)21-20-7-4-12-24(20)13-14-25(21)22(26)23-18-5-3-6-19(15-18)27-2/h3-12,15,21H,13-14H2,1-2H3,(H,23,26)/t21-/m1/s1. The van der Waals surface area contributed by atoms with E-state index >= 15 is 0 Å². The Labute approximate surface area is 159 Å². The van der Waals surface area contributed by atoms with Crippen LogP contribution in [0, 0.1) is 6.92 Å². The highest BCUT2D eigenvalue weighted by Crippen LogP contribution is 2.33. The number of hydrogen-bond donors (Lipinski definition) is 1. The van der Waals surface area contributed by atoms with E-state index in [2.05, 4.69) is 53.3 Å². The van der Waals surface area contributed by atoms with Gasteiger partial charge < -0.3 is 19.5 Å². The molecule has 3 aromatic rings. The summed E-state index contributed by atoms with van der Waals surface area (Å²) in [6.45, 7) is 3.51. The molecule has 1 N–H and O–H groups in total. The van der Waals surface area contributed by atoms with Crippen molar-refractivity contribution in [3.8, 4) is 5.75 Å². The van der Waals surface area contributed by atoms with Gasteiger partial charge in [0, 0.05) is 36.7 Å². The van der Waals surface area contributed by atoms with E-state index in [0.717, 1.165) is 29.2 Å². The molecule has 5 nitrogen and oxygen atoms in total. The molecule has 1 aromatic heterocycles. The van der Waals surface area contributed by atoms with E-state index in [1.165, 1.54) is 5.56 Å². The normalized spacial score (nSPS) is 15.9. The summed E-state index contributed by atoms with van der Waals surface area (Å²) in [6.07, 6.45) is 2.08. The molecular formula is C22H23N3O2. The third-order valence-corrected chi connectivity index (χ3v) is 5.01. The van der Waals surface area contributed by atoms with Crippen LogP contribution >= 0.6 is 0 Å². The predicted octanol–water partition coefficient (Wildman–Crippen LogP) is 4.44. The number of amides is 2. The van der Waals surface area contributed by atoms with E-state index < -0.39 is 0 Å². The minimum absolute atomic E-state index is 0.110. The Morgan fingerprint density at radius 3 is 2.67 bits per heavy atom. The number of ether oxygens (including phenoxy) is 1. The van der Waals surface area contributed by atoms with Gasteiger partial charge in [-0.1, -0.05) is 35.9 Å². The van der Waals surface area contributed by atoms with Crippen LogP contribution in [0.4, 0.5) is 10.5 Å². The number of benzene rings is 2. The molecule has 1 aliphatic heterocycles. The van der Waals surface area contributed by atoms with E-state index in [-0.39, 0.29) is 12.1 Å². The highest BCUT2D eigenvalue weighted by atomic mass is 16.5. The Balaban J connectivity index is 1.65. The minimum atomic E-state index is -0.111. The number of aryl methyl sites for hydroxylation is 1. The molecule has 138 valence electrons. The number of rotatable bonds is 3. The Hall–Kier alpha value is -3.21. The fourth-order valence-electron chi connectivity index (χ4n) is 3.60. The first-order valence-corrected chi connectivity index (χ1v) is 9.09. The highest BCUT2D eigenvalue weighted by molar-refractivity contribution is 5.90.